The number of ether oxygens (including phenoxy) is 1. The van der Waals surface area contributed by atoms with Crippen molar-refractivity contribution in [2.45, 2.75) is 27.2 Å². The van der Waals surface area contributed by atoms with Crippen molar-refractivity contribution in [2.75, 3.05) is 19.7 Å². The normalized spacial score (nSPS) is 21.0. The molecular weight excluding hydrogens is 306 g/mol. The molecule has 0 unspecified atom stereocenters. The summed E-state index contributed by atoms with van der Waals surface area (Å²) in [5, 5.41) is 0.696. The Morgan fingerprint density at radius 1 is 1.29 bits per heavy atom. The Balaban J connectivity index is 1.99. The number of likely N-dealkylation sites (tertiary alicyclic amines) is 1. The summed E-state index contributed by atoms with van der Waals surface area (Å²) in [6, 6.07) is 7.02. The van der Waals surface area contributed by atoms with Gasteiger partial charge in [0.25, 0.3) is 5.91 Å². The highest BCUT2D eigenvalue weighted by molar-refractivity contribution is 5.97. The third kappa shape index (κ3) is 3.16. The van der Waals surface area contributed by atoms with Crippen LogP contribution in [0.1, 0.15) is 37.6 Å². The fourth-order valence-electron chi connectivity index (χ4n) is 3.54. The van der Waals surface area contributed by atoms with Crippen molar-refractivity contribution >= 4 is 16.9 Å². The molecule has 1 aromatic heterocycles. The van der Waals surface area contributed by atoms with Gasteiger partial charge in [-0.05, 0) is 37.3 Å². The van der Waals surface area contributed by atoms with E-state index in [9.17, 15) is 9.59 Å². The Kier molecular flexibility index (Phi) is 4.60. The zero-order valence-corrected chi connectivity index (χ0v) is 14.4. The van der Waals surface area contributed by atoms with E-state index in [1.165, 1.54) is 0 Å². The smallest absolute Gasteiger partial charge is 0.349 e. The van der Waals surface area contributed by atoms with Gasteiger partial charge in [0.1, 0.15) is 5.56 Å². The average molecular weight is 329 g/mol. The Morgan fingerprint density at radius 2 is 2.00 bits per heavy atom. The van der Waals surface area contributed by atoms with E-state index in [1.807, 2.05) is 19.1 Å². The molecule has 24 heavy (non-hydrogen) atoms. The van der Waals surface area contributed by atoms with E-state index in [0.29, 0.717) is 48.3 Å². The molecule has 1 fully saturated rings. The topological polar surface area (TPSA) is 59.8 Å². The summed E-state index contributed by atoms with van der Waals surface area (Å²) < 4.78 is 10.9. The number of fused-ring (bicyclic) bond motifs is 1. The molecule has 1 aliphatic heterocycles. The van der Waals surface area contributed by atoms with Crippen molar-refractivity contribution in [3.63, 3.8) is 0 Å². The molecule has 0 N–H and O–H groups in total. The van der Waals surface area contributed by atoms with E-state index < -0.39 is 5.63 Å². The molecule has 1 aromatic carbocycles. The number of carbonyl (C=O) groups excluding carboxylic acids is 1. The summed E-state index contributed by atoms with van der Waals surface area (Å²) in [6.45, 7) is 7.97. The molecule has 2 heterocycles. The number of benzene rings is 1. The largest absolute Gasteiger partial charge is 0.490 e. The fraction of sp³-hybridized carbons (Fsp3) is 0.474. The molecule has 0 spiro atoms. The molecule has 5 heteroatoms. The van der Waals surface area contributed by atoms with Crippen LogP contribution >= 0.6 is 0 Å². The van der Waals surface area contributed by atoms with E-state index in [2.05, 4.69) is 13.8 Å². The van der Waals surface area contributed by atoms with E-state index in [0.717, 1.165) is 6.42 Å². The van der Waals surface area contributed by atoms with Gasteiger partial charge in [0.05, 0.1) is 6.61 Å². The van der Waals surface area contributed by atoms with Gasteiger partial charge in [-0.2, -0.15) is 0 Å². The maximum Gasteiger partial charge on any atom is 0.349 e. The summed E-state index contributed by atoms with van der Waals surface area (Å²) in [7, 11) is 0. The van der Waals surface area contributed by atoms with Crippen molar-refractivity contribution in [3.8, 4) is 5.75 Å². The molecule has 1 saturated heterocycles. The van der Waals surface area contributed by atoms with Crippen LogP contribution < -0.4 is 10.4 Å². The molecule has 1 aliphatic rings. The minimum Gasteiger partial charge on any atom is -0.490 e. The van der Waals surface area contributed by atoms with Gasteiger partial charge >= 0.3 is 5.63 Å². The van der Waals surface area contributed by atoms with Gasteiger partial charge in [-0.15, -0.1) is 0 Å². The average Bonchev–Trinajstić information content (AvgIpc) is 2.53. The maximum atomic E-state index is 12.8. The Labute approximate surface area is 141 Å². The molecule has 2 atom stereocenters. The predicted octanol–water partition coefficient (Wildman–Crippen LogP) is 3.31. The second-order valence-corrected chi connectivity index (χ2v) is 6.71. The minimum atomic E-state index is -0.606. The van der Waals surface area contributed by atoms with Gasteiger partial charge < -0.3 is 14.1 Å². The predicted molar refractivity (Wildman–Crippen MR) is 92.5 cm³/mol. The second-order valence-electron chi connectivity index (χ2n) is 6.71. The highest BCUT2D eigenvalue weighted by Crippen LogP contribution is 2.26. The minimum absolute atomic E-state index is 0.0949. The van der Waals surface area contributed by atoms with Gasteiger partial charge in [0.15, 0.2) is 11.3 Å². The molecule has 5 nitrogen and oxygen atoms in total. The van der Waals surface area contributed by atoms with E-state index in [1.54, 1.807) is 17.0 Å². The van der Waals surface area contributed by atoms with Crippen molar-refractivity contribution in [3.05, 3.63) is 40.2 Å². The highest BCUT2D eigenvalue weighted by atomic mass is 16.5. The van der Waals surface area contributed by atoms with Crippen LogP contribution in [0.4, 0.5) is 0 Å². The van der Waals surface area contributed by atoms with Gasteiger partial charge in [-0.1, -0.05) is 26.0 Å². The lowest BCUT2D eigenvalue weighted by molar-refractivity contribution is 0.0619. The van der Waals surface area contributed by atoms with Crippen molar-refractivity contribution < 1.29 is 13.9 Å². The standard InChI is InChI=1S/C19H23NO4/c1-4-23-16-7-5-6-14-9-15(19(22)24-17(14)16)18(21)20-10-12(2)8-13(3)11-20/h5-7,9,12-13H,4,8,10-11H2,1-3H3/t12-,13+. The highest BCUT2D eigenvalue weighted by Gasteiger charge is 2.28. The van der Waals surface area contributed by atoms with Crippen LogP contribution in [0, 0.1) is 11.8 Å². The number of hydrogen-bond acceptors (Lipinski definition) is 4. The zero-order chi connectivity index (χ0) is 17.3. The monoisotopic (exact) mass is 329 g/mol. The zero-order valence-electron chi connectivity index (χ0n) is 14.4. The lowest BCUT2D eigenvalue weighted by Gasteiger charge is -2.34. The number of amides is 1. The fourth-order valence-corrected chi connectivity index (χ4v) is 3.54. The maximum absolute atomic E-state index is 12.8. The van der Waals surface area contributed by atoms with Crippen LogP contribution in [-0.4, -0.2) is 30.5 Å². The molecule has 1 amide bonds. The number of piperidine rings is 1. The number of rotatable bonds is 3. The third-order valence-corrected chi connectivity index (χ3v) is 4.41. The van der Waals surface area contributed by atoms with Crippen LogP contribution in [0.2, 0.25) is 0 Å². The van der Waals surface area contributed by atoms with Crippen LogP contribution in [0.5, 0.6) is 5.75 Å². The van der Waals surface area contributed by atoms with Crippen LogP contribution in [0.15, 0.2) is 33.5 Å². The molecule has 128 valence electrons. The summed E-state index contributed by atoms with van der Waals surface area (Å²) >= 11 is 0. The summed E-state index contributed by atoms with van der Waals surface area (Å²) in [6.07, 6.45) is 1.10. The first-order chi connectivity index (χ1) is 11.5. The van der Waals surface area contributed by atoms with Gasteiger partial charge in [-0.25, -0.2) is 4.79 Å². The number of para-hydroxylation sites is 1. The quantitative estimate of drug-likeness (QED) is 0.811. The van der Waals surface area contributed by atoms with Crippen LogP contribution in [0.25, 0.3) is 11.0 Å². The molecular formula is C19H23NO4. The third-order valence-electron chi connectivity index (χ3n) is 4.41. The summed E-state index contributed by atoms with van der Waals surface area (Å²) in [5.74, 6) is 1.15. The first-order valence-electron chi connectivity index (χ1n) is 8.48. The Morgan fingerprint density at radius 3 is 2.67 bits per heavy atom. The molecule has 3 rings (SSSR count). The first kappa shape index (κ1) is 16.6. The molecule has 0 aliphatic carbocycles. The molecule has 0 saturated carbocycles. The Hall–Kier alpha value is -2.30. The summed E-state index contributed by atoms with van der Waals surface area (Å²) in [4.78, 5) is 26.9. The lowest BCUT2D eigenvalue weighted by atomic mass is 9.91. The second kappa shape index (κ2) is 6.67. The van der Waals surface area contributed by atoms with Crippen molar-refractivity contribution in [1.82, 2.24) is 4.90 Å². The van der Waals surface area contributed by atoms with Crippen molar-refractivity contribution in [1.29, 1.82) is 0 Å². The van der Waals surface area contributed by atoms with Crippen molar-refractivity contribution in [2.24, 2.45) is 11.8 Å². The van der Waals surface area contributed by atoms with Gasteiger partial charge in [-0.3, -0.25) is 4.79 Å². The lowest BCUT2D eigenvalue weighted by Crippen LogP contribution is -2.43. The van der Waals surface area contributed by atoms with Gasteiger partial charge in [0.2, 0.25) is 0 Å². The summed E-state index contributed by atoms with van der Waals surface area (Å²) in [5.41, 5.74) is -0.121. The van der Waals surface area contributed by atoms with Crippen LogP contribution in [0.3, 0.4) is 0 Å². The van der Waals surface area contributed by atoms with Crippen LogP contribution in [-0.2, 0) is 0 Å². The number of carbonyl (C=O) groups is 1. The molecule has 0 radical (unpaired) electrons. The van der Waals surface area contributed by atoms with E-state index >= 15 is 0 Å². The SMILES string of the molecule is CCOc1cccc2cc(C(=O)N3C[C@H](C)C[C@H](C)C3)c(=O)oc12. The molecule has 2 aromatic rings. The van der Waals surface area contributed by atoms with E-state index in [4.69, 9.17) is 9.15 Å². The number of hydrogen-bond donors (Lipinski definition) is 0. The first-order valence-corrected chi connectivity index (χ1v) is 8.48. The Bertz CT molecular complexity index is 801. The van der Waals surface area contributed by atoms with Gasteiger partial charge in [0, 0.05) is 18.5 Å². The van der Waals surface area contributed by atoms with E-state index in [-0.39, 0.29) is 11.5 Å². The molecule has 0 bridgehead atoms. The number of nitrogens with zero attached hydrogens (tertiary/aromatic N) is 1.